The van der Waals surface area contributed by atoms with E-state index in [9.17, 15) is 18.0 Å². The number of carbonyl (C=O) groups excluding carboxylic acids is 1. The van der Waals surface area contributed by atoms with Gasteiger partial charge in [-0.2, -0.15) is 13.2 Å². The van der Waals surface area contributed by atoms with Gasteiger partial charge in [0.15, 0.2) is 0 Å². The largest absolute Gasteiger partial charge is 0.417 e. The second kappa shape index (κ2) is 5.24. The summed E-state index contributed by atoms with van der Waals surface area (Å²) < 4.78 is 43.7. The molecule has 0 aliphatic heterocycles. The quantitative estimate of drug-likeness (QED) is 0.909. The second-order valence-corrected chi connectivity index (χ2v) is 3.96. The molecule has 0 saturated carbocycles. The van der Waals surface area contributed by atoms with Gasteiger partial charge in [-0.3, -0.25) is 0 Å². The van der Waals surface area contributed by atoms with E-state index in [0.717, 1.165) is 6.07 Å². The first-order valence-corrected chi connectivity index (χ1v) is 5.62. The fourth-order valence-corrected chi connectivity index (χ4v) is 1.85. The monoisotopic (exact) mass is 281 g/mol. The van der Waals surface area contributed by atoms with Crippen LogP contribution in [0, 0.1) is 0 Å². The number of hydrogen-bond acceptors (Lipinski definition) is 2. The first-order chi connectivity index (χ1) is 9.39. The van der Waals surface area contributed by atoms with Crippen molar-refractivity contribution in [2.45, 2.75) is 6.18 Å². The minimum Gasteiger partial charge on any atom is -0.410 e. The predicted octanol–water partition coefficient (Wildman–Crippen LogP) is 3.83. The summed E-state index contributed by atoms with van der Waals surface area (Å²) in [5.41, 5.74) is 4.19. The number of halogens is 3. The van der Waals surface area contributed by atoms with E-state index in [0.29, 0.717) is 0 Å². The number of para-hydroxylation sites is 1. The molecule has 0 aliphatic rings. The van der Waals surface area contributed by atoms with Gasteiger partial charge >= 0.3 is 12.3 Å². The van der Waals surface area contributed by atoms with E-state index in [2.05, 4.69) is 0 Å². The molecule has 0 aliphatic carbocycles. The van der Waals surface area contributed by atoms with Gasteiger partial charge < -0.3 is 10.5 Å². The third kappa shape index (κ3) is 2.90. The standard InChI is InChI=1S/C14H10F3NO2/c15-14(16,17)11-7-3-1-5-9(11)10-6-2-4-8-12(10)20-13(18)19/h1-8H,(H2,18,19). The molecule has 0 saturated heterocycles. The zero-order valence-corrected chi connectivity index (χ0v) is 10.1. The van der Waals surface area contributed by atoms with Crippen LogP contribution >= 0.6 is 0 Å². The fraction of sp³-hybridized carbons (Fsp3) is 0.0714. The zero-order chi connectivity index (χ0) is 14.8. The van der Waals surface area contributed by atoms with E-state index in [1.54, 1.807) is 6.07 Å². The number of amides is 1. The molecule has 2 N–H and O–H groups in total. The zero-order valence-electron chi connectivity index (χ0n) is 10.1. The van der Waals surface area contributed by atoms with Gasteiger partial charge in [0.25, 0.3) is 0 Å². The van der Waals surface area contributed by atoms with E-state index in [4.69, 9.17) is 10.5 Å². The maximum atomic E-state index is 13.0. The lowest BCUT2D eigenvalue weighted by atomic mass is 9.98. The lowest BCUT2D eigenvalue weighted by molar-refractivity contribution is -0.137. The summed E-state index contributed by atoms with van der Waals surface area (Å²) in [7, 11) is 0. The highest BCUT2D eigenvalue weighted by Crippen LogP contribution is 2.40. The van der Waals surface area contributed by atoms with Crippen molar-refractivity contribution in [3.8, 4) is 16.9 Å². The smallest absolute Gasteiger partial charge is 0.410 e. The number of alkyl halides is 3. The van der Waals surface area contributed by atoms with Gasteiger partial charge in [0.2, 0.25) is 0 Å². The molecule has 2 aromatic rings. The van der Waals surface area contributed by atoms with Crippen molar-refractivity contribution in [3.05, 3.63) is 54.1 Å². The molecule has 0 aromatic heterocycles. The normalized spacial score (nSPS) is 11.2. The van der Waals surface area contributed by atoms with Crippen molar-refractivity contribution in [2.75, 3.05) is 0 Å². The first kappa shape index (κ1) is 13.9. The Morgan fingerprint density at radius 2 is 1.50 bits per heavy atom. The molecule has 0 atom stereocenters. The highest BCUT2D eigenvalue weighted by Gasteiger charge is 2.33. The Balaban J connectivity index is 2.61. The number of nitrogens with two attached hydrogens (primary N) is 1. The van der Waals surface area contributed by atoms with E-state index < -0.39 is 17.8 Å². The van der Waals surface area contributed by atoms with Crippen LogP contribution in [0.2, 0.25) is 0 Å². The molecule has 104 valence electrons. The molecule has 0 spiro atoms. The van der Waals surface area contributed by atoms with Crippen LogP contribution in [0.1, 0.15) is 5.56 Å². The Hall–Kier alpha value is -2.50. The Morgan fingerprint density at radius 1 is 0.950 bits per heavy atom. The Morgan fingerprint density at radius 3 is 2.10 bits per heavy atom. The van der Waals surface area contributed by atoms with Gasteiger partial charge in [0.1, 0.15) is 5.75 Å². The Bertz CT molecular complexity index is 638. The summed E-state index contributed by atoms with van der Waals surface area (Å²) in [5, 5.41) is 0. The SMILES string of the molecule is NC(=O)Oc1ccccc1-c1ccccc1C(F)(F)F. The van der Waals surface area contributed by atoms with Crippen LogP contribution in [-0.2, 0) is 6.18 Å². The average Bonchev–Trinajstić information content (AvgIpc) is 2.38. The van der Waals surface area contributed by atoms with Crippen LogP contribution in [0.25, 0.3) is 11.1 Å². The van der Waals surface area contributed by atoms with Crippen LogP contribution in [-0.4, -0.2) is 6.09 Å². The average molecular weight is 281 g/mol. The van der Waals surface area contributed by atoms with Crippen LogP contribution in [0.4, 0.5) is 18.0 Å². The van der Waals surface area contributed by atoms with Crippen LogP contribution in [0.3, 0.4) is 0 Å². The van der Waals surface area contributed by atoms with Crippen molar-refractivity contribution in [1.29, 1.82) is 0 Å². The molecule has 6 heteroatoms. The summed E-state index contributed by atoms with van der Waals surface area (Å²) in [6.07, 6.45) is -5.59. The summed E-state index contributed by atoms with van der Waals surface area (Å²) in [5.74, 6) is -0.0169. The summed E-state index contributed by atoms with van der Waals surface area (Å²) in [6.45, 7) is 0. The van der Waals surface area contributed by atoms with Crippen molar-refractivity contribution >= 4 is 6.09 Å². The number of hydrogen-bond donors (Lipinski definition) is 1. The van der Waals surface area contributed by atoms with Gasteiger partial charge in [-0.1, -0.05) is 36.4 Å². The number of carbonyl (C=O) groups is 1. The number of rotatable bonds is 2. The predicted molar refractivity (Wildman–Crippen MR) is 67.1 cm³/mol. The number of ether oxygens (including phenoxy) is 1. The fourth-order valence-electron chi connectivity index (χ4n) is 1.85. The molecular formula is C14H10F3NO2. The Labute approximate surface area is 112 Å². The second-order valence-electron chi connectivity index (χ2n) is 3.96. The van der Waals surface area contributed by atoms with Gasteiger partial charge in [-0.05, 0) is 17.7 Å². The number of benzene rings is 2. The van der Waals surface area contributed by atoms with Crippen LogP contribution in [0.15, 0.2) is 48.5 Å². The number of primary amides is 1. The molecule has 0 radical (unpaired) electrons. The van der Waals surface area contributed by atoms with Crippen LogP contribution < -0.4 is 10.5 Å². The van der Waals surface area contributed by atoms with E-state index in [1.807, 2.05) is 0 Å². The third-order valence-corrected chi connectivity index (χ3v) is 2.62. The first-order valence-electron chi connectivity index (χ1n) is 5.62. The summed E-state index contributed by atoms with van der Waals surface area (Å²) >= 11 is 0. The highest BCUT2D eigenvalue weighted by atomic mass is 19.4. The van der Waals surface area contributed by atoms with E-state index in [1.165, 1.54) is 36.4 Å². The minimum absolute atomic E-state index is 0.0169. The lowest BCUT2D eigenvalue weighted by Crippen LogP contribution is -2.17. The van der Waals surface area contributed by atoms with Gasteiger partial charge in [-0.15, -0.1) is 0 Å². The maximum Gasteiger partial charge on any atom is 0.417 e. The molecule has 3 nitrogen and oxygen atoms in total. The van der Waals surface area contributed by atoms with Crippen molar-refractivity contribution < 1.29 is 22.7 Å². The van der Waals surface area contributed by atoms with Gasteiger partial charge in [-0.25, -0.2) is 4.79 Å². The molecular weight excluding hydrogens is 271 g/mol. The summed E-state index contributed by atoms with van der Waals surface area (Å²) in [6, 6.07) is 11.0. The molecule has 0 fully saturated rings. The van der Waals surface area contributed by atoms with Crippen molar-refractivity contribution in [2.24, 2.45) is 5.73 Å². The summed E-state index contributed by atoms with van der Waals surface area (Å²) in [4.78, 5) is 10.8. The molecule has 0 bridgehead atoms. The highest BCUT2D eigenvalue weighted by molar-refractivity contribution is 5.78. The lowest BCUT2D eigenvalue weighted by Gasteiger charge is -2.14. The minimum atomic E-state index is -4.50. The molecule has 2 rings (SSSR count). The molecule has 0 unspecified atom stereocenters. The van der Waals surface area contributed by atoms with Gasteiger partial charge in [0.05, 0.1) is 5.56 Å². The molecule has 20 heavy (non-hydrogen) atoms. The van der Waals surface area contributed by atoms with Gasteiger partial charge in [0, 0.05) is 5.56 Å². The molecule has 2 aromatic carbocycles. The molecule has 1 amide bonds. The molecule has 0 heterocycles. The Kier molecular flexibility index (Phi) is 3.65. The maximum absolute atomic E-state index is 13.0. The van der Waals surface area contributed by atoms with E-state index in [-0.39, 0.29) is 16.9 Å². The third-order valence-electron chi connectivity index (χ3n) is 2.62. The van der Waals surface area contributed by atoms with Crippen molar-refractivity contribution in [1.82, 2.24) is 0 Å². The van der Waals surface area contributed by atoms with Crippen molar-refractivity contribution in [3.63, 3.8) is 0 Å². The topological polar surface area (TPSA) is 52.3 Å². The van der Waals surface area contributed by atoms with Crippen LogP contribution in [0.5, 0.6) is 5.75 Å². The van der Waals surface area contributed by atoms with E-state index >= 15 is 0 Å².